The molecular formula is C14H17N3O3. The van der Waals surface area contributed by atoms with Crippen molar-refractivity contribution in [3.05, 3.63) is 35.4 Å². The second-order valence-electron chi connectivity index (χ2n) is 4.45. The van der Waals surface area contributed by atoms with Crippen LogP contribution in [0.3, 0.4) is 0 Å². The van der Waals surface area contributed by atoms with Gasteiger partial charge in [0.2, 0.25) is 0 Å². The number of imide groups is 1. The molecule has 0 fully saturated rings. The lowest BCUT2D eigenvalue weighted by atomic mass is 10.1. The predicted octanol–water partition coefficient (Wildman–Crippen LogP) is 0.992. The Labute approximate surface area is 117 Å². The van der Waals surface area contributed by atoms with E-state index in [2.05, 4.69) is 10.6 Å². The molecule has 2 rings (SSSR count). The van der Waals surface area contributed by atoms with Crippen molar-refractivity contribution in [1.29, 1.82) is 0 Å². The number of benzene rings is 1. The minimum Gasteiger partial charge on any atom is -0.338 e. The molecule has 0 bridgehead atoms. The Morgan fingerprint density at radius 3 is 2.25 bits per heavy atom. The summed E-state index contributed by atoms with van der Waals surface area (Å²) < 4.78 is 0. The van der Waals surface area contributed by atoms with Gasteiger partial charge in [-0.2, -0.15) is 0 Å². The number of amides is 4. The van der Waals surface area contributed by atoms with Crippen molar-refractivity contribution in [2.75, 3.05) is 19.6 Å². The van der Waals surface area contributed by atoms with Gasteiger partial charge < -0.3 is 10.6 Å². The molecule has 0 atom stereocenters. The van der Waals surface area contributed by atoms with Gasteiger partial charge in [0, 0.05) is 19.6 Å². The molecule has 0 saturated heterocycles. The molecular weight excluding hydrogens is 258 g/mol. The van der Waals surface area contributed by atoms with Crippen molar-refractivity contribution >= 4 is 17.8 Å². The molecule has 0 radical (unpaired) electrons. The zero-order valence-electron chi connectivity index (χ0n) is 11.3. The lowest BCUT2D eigenvalue weighted by Gasteiger charge is -2.13. The van der Waals surface area contributed by atoms with E-state index in [0.717, 1.165) is 0 Å². The van der Waals surface area contributed by atoms with Crippen LogP contribution in [0.25, 0.3) is 0 Å². The summed E-state index contributed by atoms with van der Waals surface area (Å²) in [6.07, 6.45) is 0.530. The molecule has 0 aliphatic carbocycles. The molecule has 0 unspecified atom stereocenters. The minimum atomic E-state index is -0.261. The maximum Gasteiger partial charge on any atom is 0.314 e. The average molecular weight is 275 g/mol. The summed E-state index contributed by atoms with van der Waals surface area (Å²) in [6, 6.07) is 6.55. The highest BCUT2D eigenvalue weighted by Crippen LogP contribution is 2.22. The summed E-state index contributed by atoms with van der Waals surface area (Å²) in [7, 11) is 0. The molecule has 2 N–H and O–H groups in total. The standard InChI is InChI=1S/C14H17N3O3/c1-2-15-14(20)16-8-5-9-17-12(18)10-6-3-4-7-11(10)13(17)19/h3-4,6-7H,2,5,8-9H2,1H3,(H2,15,16,20). The van der Waals surface area contributed by atoms with Gasteiger partial charge in [0.05, 0.1) is 11.1 Å². The van der Waals surface area contributed by atoms with Gasteiger partial charge >= 0.3 is 6.03 Å². The minimum absolute atomic E-state index is 0.241. The third-order valence-electron chi connectivity index (χ3n) is 3.06. The molecule has 106 valence electrons. The molecule has 4 amide bonds. The highest BCUT2D eigenvalue weighted by Gasteiger charge is 2.34. The monoisotopic (exact) mass is 275 g/mol. The van der Waals surface area contributed by atoms with Gasteiger partial charge in [0.25, 0.3) is 11.8 Å². The van der Waals surface area contributed by atoms with Gasteiger partial charge in [-0.3, -0.25) is 14.5 Å². The first-order valence-corrected chi connectivity index (χ1v) is 6.62. The fourth-order valence-electron chi connectivity index (χ4n) is 2.10. The van der Waals surface area contributed by atoms with Crippen LogP contribution in [0.2, 0.25) is 0 Å². The zero-order valence-corrected chi connectivity index (χ0v) is 11.3. The first kappa shape index (κ1) is 14.0. The van der Waals surface area contributed by atoms with Crippen molar-refractivity contribution in [2.24, 2.45) is 0 Å². The van der Waals surface area contributed by atoms with E-state index in [1.54, 1.807) is 24.3 Å². The highest BCUT2D eigenvalue weighted by atomic mass is 16.2. The van der Waals surface area contributed by atoms with Crippen molar-refractivity contribution in [2.45, 2.75) is 13.3 Å². The first-order valence-electron chi connectivity index (χ1n) is 6.62. The van der Waals surface area contributed by atoms with Crippen LogP contribution in [0.4, 0.5) is 4.79 Å². The number of hydrogen-bond donors (Lipinski definition) is 2. The maximum absolute atomic E-state index is 12.0. The molecule has 0 aromatic heterocycles. The van der Waals surface area contributed by atoms with Crippen LogP contribution in [-0.4, -0.2) is 42.4 Å². The molecule has 1 heterocycles. The Morgan fingerprint density at radius 1 is 1.10 bits per heavy atom. The van der Waals surface area contributed by atoms with Crippen LogP contribution in [0.1, 0.15) is 34.1 Å². The number of nitrogens with zero attached hydrogens (tertiary/aromatic N) is 1. The summed E-state index contributed by atoms with van der Waals surface area (Å²) >= 11 is 0. The molecule has 0 spiro atoms. The quantitative estimate of drug-likeness (QED) is 0.621. The van der Waals surface area contributed by atoms with E-state index < -0.39 is 0 Å². The fraction of sp³-hybridized carbons (Fsp3) is 0.357. The Balaban J connectivity index is 1.85. The van der Waals surface area contributed by atoms with Crippen LogP contribution in [-0.2, 0) is 0 Å². The lowest BCUT2D eigenvalue weighted by Crippen LogP contribution is -2.38. The molecule has 1 aromatic rings. The number of carbonyl (C=O) groups excluding carboxylic acids is 3. The van der Waals surface area contributed by atoms with Gasteiger partial charge in [-0.25, -0.2) is 4.79 Å². The van der Waals surface area contributed by atoms with E-state index in [1.165, 1.54) is 4.90 Å². The number of urea groups is 1. The third kappa shape index (κ3) is 2.79. The number of fused-ring (bicyclic) bond motifs is 1. The van der Waals surface area contributed by atoms with Crippen LogP contribution in [0.15, 0.2) is 24.3 Å². The molecule has 20 heavy (non-hydrogen) atoms. The highest BCUT2D eigenvalue weighted by molar-refractivity contribution is 6.21. The molecule has 6 nitrogen and oxygen atoms in total. The largest absolute Gasteiger partial charge is 0.338 e. The van der Waals surface area contributed by atoms with Crippen molar-refractivity contribution in [1.82, 2.24) is 15.5 Å². The van der Waals surface area contributed by atoms with Gasteiger partial charge in [0.15, 0.2) is 0 Å². The second kappa shape index (κ2) is 6.18. The lowest BCUT2D eigenvalue weighted by molar-refractivity contribution is 0.0653. The van der Waals surface area contributed by atoms with E-state index in [0.29, 0.717) is 37.2 Å². The molecule has 1 aliphatic rings. The van der Waals surface area contributed by atoms with Crippen LogP contribution in [0, 0.1) is 0 Å². The van der Waals surface area contributed by atoms with E-state index in [-0.39, 0.29) is 17.8 Å². The first-order chi connectivity index (χ1) is 9.65. The smallest absolute Gasteiger partial charge is 0.314 e. The predicted molar refractivity (Wildman–Crippen MR) is 73.5 cm³/mol. The van der Waals surface area contributed by atoms with E-state index >= 15 is 0 Å². The second-order valence-corrected chi connectivity index (χ2v) is 4.45. The normalized spacial score (nSPS) is 13.3. The fourth-order valence-corrected chi connectivity index (χ4v) is 2.10. The summed E-state index contributed by atoms with van der Waals surface area (Å²) in [6.45, 7) is 3.11. The van der Waals surface area contributed by atoms with Crippen molar-refractivity contribution in [3.63, 3.8) is 0 Å². The number of nitrogens with one attached hydrogen (secondary N) is 2. The number of hydrogen-bond acceptors (Lipinski definition) is 3. The number of rotatable bonds is 5. The third-order valence-corrected chi connectivity index (χ3v) is 3.06. The van der Waals surface area contributed by atoms with Gasteiger partial charge in [-0.05, 0) is 25.5 Å². The van der Waals surface area contributed by atoms with Crippen LogP contribution >= 0.6 is 0 Å². The van der Waals surface area contributed by atoms with Crippen LogP contribution < -0.4 is 10.6 Å². The SMILES string of the molecule is CCNC(=O)NCCCN1C(=O)c2ccccc2C1=O. The van der Waals surface area contributed by atoms with E-state index in [1.807, 2.05) is 6.92 Å². The Kier molecular flexibility index (Phi) is 4.34. The van der Waals surface area contributed by atoms with E-state index in [9.17, 15) is 14.4 Å². The zero-order chi connectivity index (χ0) is 14.5. The van der Waals surface area contributed by atoms with Crippen LogP contribution in [0.5, 0.6) is 0 Å². The van der Waals surface area contributed by atoms with Gasteiger partial charge in [0.1, 0.15) is 0 Å². The average Bonchev–Trinajstić information content (AvgIpc) is 2.69. The summed E-state index contributed by atoms with van der Waals surface area (Å²) in [4.78, 5) is 36.5. The van der Waals surface area contributed by atoms with Crippen molar-refractivity contribution in [3.8, 4) is 0 Å². The van der Waals surface area contributed by atoms with Crippen molar-refractivity contribution < 1.29 is 14.4 Å². The molecule has 1 aromatic carbocycles. The summed E-state index contributed by atoms with van der Waals surface area (Å²) in [5.74, 6) is -0.521. The number of carbonyl (C=O) groups is 3. The maximum atomic E-state index is 12.0. The van der Waals surface area contributed by atoms with Gasteiger partial charge in [-0.15, -0.1) is 0 Å². The Morgan fingerprint density at radius 2 is 1.70 bits per heavy atom. The Bertz CT molecular complexity index is 507. The summed E-state index contributed by atoms with van der Waals surface area (Å²) in [5, 5.41) is 5.27. The molecule has 6 heteroatoms. The molecule has 0 saturated carbocycles. The topological polar surface area (TPSA) is 78.5 Å². The van der Waals surface area contributed by atoms with Gasteiger partial charge in [-0.1, -0.05) is 12.1 Å². The van der Waals surface area contributed by atoms with E-state index in [4.69, 9.17) is 0 Å². The Hall–Kier alpha value is -2.37. The summed E-state index contributed by atoms with van der Waals surface area (Å²) in [5.41, 5.74) is 0.906. The molecule has 1 aliphatic heterocycles.